The van der Waals surface area contributed by atoms with E-state index in [4.69, 9.17) is 4.74 Å². The minimum atomic E-state index is -3.65. The van der Waals surface area contributed by atoms with Crippen molar-refractivity contribution < 1.29 is 13.2 Å². The highest BCUT2D eigenvalue weighted by Gasteiger charge is 2.31. The fraction of sp³-hybridized carbons (Fsp3) is 0.250. The standard InChI is InChI=1S/C24H23N3O4S2/c1-16-4-3-5-17(12-16)13-26-15-25-23-22(24(26)28)20-10-11-27(14-21(20)32-23)33(29,30)19-8-6-18(31-2)7-9-19/h3-9,12,15H,10-11,13-14H2,1-2H3. The average molecular weight is 482 g/mol. The molecule has 4 aromatic rings. The summed E-state index contributed by atoms with van der Waals surface area (Å²) in [6.07, 6.45) is 2.07. The summed E-state index contributed by atoms with van der Waals surface area (Å²) in [4.78, 5) is 19.6. The summed E-state index contributed by atoms with van der Waals surface area (Å²) in [5.74, 6) is 0.604. The van der Waals surface area contributed by atoms with Crippen molar-refractivity contribution in [3.05, 3.63) is 86.8 Å². The first-order valence-corrected chi connectivity index (χ1v) is 12.8. The number of methoxy groups -OCH3 is 1. The van der Waals surface area contributed by atoms with Gasteiger partial charge in [0.1, 0.15) is 10.6 Å². The molecule has 1 aliphatic rings. The summed E-state index contributed by atoms with van der Waals surface area (Å²) < 4.78 is 34.6. The molecule has 0 spiro atoms. The maximum atomic E-state index is 13.3. The maximum absolute atomic E-state index is 13.3. The van der Waals surface area contributed by atoms with Crippen molar-refractivity contribution in [3.8, 4) is 5.75 Å². The van der Waals surface area contributed by atoms with Gasteiger partial charge in [0.15, 0.2) is 0 Å². The van der Waals surface area contributed by atoms with E-state index in [1.54, 1.807) is 42.3 Å². The second kappa shape index (κ2) is 8.40. The highest BCUT2D eigenvalue weighted by Crippen LogP contribution is 2.34. The van der Waals surface area contributed by atoms with Crippen LogP contribution in [0.4, 0.5) is 0 Å². The second-order valence-corrected chi connectivity index (χ2v) is 11.1. The molecule has 2 aromatic heterocycles. The smallest absolute Gasteiger partial charge is 0.262 e. The van der Waals surface area contributed by atoms with Crippen LogP contribution in [0.25, 0.3) is 10.2 Å². The number of aromatic nitrogens is 2. The van der Waals surface area contributed by atoms with E-state index in [9.17, 15) is 13.2 Å². The number of fused-ring (bicyclic) bond motifs is 3. The Bertz CT molecular complexity index is 1510. The molecule has 2 aromatic carbocycles. The van der Waals surface area contributed by atoms with Gasteiger partial charge in [-0.25, -0.2) is 13.4 Å². The van der Waals surface area contributed by atoms with E-state index in [0.29, 0.717) is 35.5 Å². The van der Waals surface area contributed by atoms with Gasteiger partial charge in [-0.05, 0) is 48.7 Å². The fourth-order valence-corrected chi connectivity index (χ4v) is 6.90. The van der Waals surface area contributed by atoms with E-state index in [1.807, 2.05) is 25.1 Å². The molecule has 5 rings (SSSR count). The third-order valence-corrected chi connectivity index (χ3v) is 8.91. The van der Waals surface area contributed by atoms with Crippen molar-refractivity contribution in [2.45, 2.75) is 31.3 Å². The van der Waals surface area contributed by atoms with Crippen LogP contribution in [-0.2, 0) is 29.5 Å². The molecule has 0 saturated heterocycles. The molecule has 9 heteroatoms. The van der Waals surface area contributed by atoms with E-state index >= 15 is 0 Å². The van der Waals surface area contributed by atoms with E-state index in [-0.39, 0.29) is 17.0 Å². The van der Waals surface area contributed by atoms with Gasteiger partial charge >= 0.3 is 0 Å². The minimum absolute atomic E-state index is 0.0783. The number of ether oxygens (including phenoxy) is 1. The molecule has 0 radical (unpaired) electrons. The monoisotopic (exact) mass is 481 g/mol. The molecule has 0 amide bonds. The van der Waals surface area contributed by atoms with Gasteiger partial charge in [-0.2, -0.15) is 4.31 Å². The van der Waals surface area contributed by atoms with Crippen LogP contribution in [0.5, 0.6) is 5.75 Å². The topological polar surface area (TPSA) is 81.5 Å². The van der Waals surface area contributed by atoms with Crippen molar-refractivity contribution in [1.82, 2.24) is 13.9 Å². The predicted octanol–water partition coefficient (Wildman–Crippen LogP) is 3.57. The molecule has 0 saturated carbocycles. The number of rotatable bonds is 5. The molecule has 0 unspecified atom stereocenters. The first-order valence-electron chi connectivity index (χ1n) is 10.6. The first kappa shape index (κ1) is 21.8. The van der Waals surface area contributed by atoms with Gasteiger partial charge in [-0.15, -0.1) is 11.3 Å². The molecule has 33 heavy (non-hydrogen) atoms. The molecule has 0 N–H and O–H groups in total. The zero-order chi connectivity index (χ0) is 23.2. The second-order valence-electron chi connectivity index (χ2n) is 8.11. The van der Waals surface area contributed by atoms with E-state index in [0.717, 1.165) is 21.6 Å². The number of thiophene rings is 1. The normalized spacial score (nSPS) is 14.4. The van der Waals surface area contributed by atoms with Gasteiger partial charge in [0, 0.05) is 18.0 Å². The largest absolute Gasteiger partial charge is 0.497 e. The molecular formula is C24H23N3O4S2. The molecule has 1 aliphatic heterocycles. The third kappa shape index (κ3) is 3.96. The van der Waals surface area contributed by atoms with Gasteiger partial charge in [-0.1, -0.05) is 29.8 Å². The quantitative estimate of drug-likeness (QED) is 0.435. The molecule has 3 heterocycles. The Kier molecular flexibility index (Phi) is 5.55. The number of hydrogen-bond donors (Lipinski definition) is 0. The number of nitrogens with zero attached hydrogens (tertiary/aromatic N) is 3. The summed E-state index contributed by atoms with van der Waals surface area (Å²) in [5.41, 5.74) is 3.03. The molecular weight excluding hydrogens is 458 g/mol. The van der Waals surface area contributed by atoms with E-state index < -0.39 is 10.0 Å². The van der Waals surface area contributed by atoms with Gasteiger partial charge in [0.05, 0.1) is 30.3 Å². The predicted molar refractivity (Wildman–Crippen MR) is 128 cm³/mol. The highest BCUT2D eigenvalue weighted by molar-refractivity contribution is 7.89. The summed E-state index contributed by atoms with van der Waals surface area (Å²) >= 11 is 1.40. The van der Waals surface area contributed by atoms with E-state index in [1.165, 1.54) is 15.6 Å². The first-order chi connectivity index (χ1) is 15.9. The average Bonchev–Trinajstić information content (AvgIpc) is 3.19. The molecule has 0 bridgehead atoms. The number of aryl methyl sites for hydroxylation is 1. The van der Waals surface area contributed by atoms with Crippen LogP contribution in [-0.4, -0.2) is 35.9 Å². The van der Waals surface area contributed by atoms with E-state index in [2.05, 4.69) is 11.1 Å². The Morgan fingerprint density at radius 2 is 1.94 bits per heavy atom. The lowest BCUT2D eigenvalue weighted by Gasteiger charge is -2.26. The Hall–Kier alpha value is -3.01. The zero-order valence-corrected chi connectivity index (χ0v) is 19.9. The molecule has 0 aliphatic carbocycles. The number of benzene rings is 2. The van der Waals surface area contributed by atoms with Gasteiger partial charge in [0.2, 0.25) is 10.0 Å². The highest BCUT2D eigenvalue weighted by atomic mass is 32.2. The molecule has 0 atom stereocenters. The molecule has 7 nitrogen and oxygen atoms in total. The SMILES string of the molecule is COc1ccc(S(=O)(=O)N2CCc3c(sc4ncn(Cc5cccc(C)c5)c(=O)c34)C2)cc1. The van der Waals surface area contributed by atoms with Gasteiger partial charge < -0.3 is 4.74 Å². The Labute approximate surface area is 195 Å². The van der Waals surface area contributed by atoms with Gasteiger partial charge in [0.25, 0.3) is 5.56 Å². The Morgan fingerprint density at radius 3 is 2.67 bits per heavy atom. The lowest BCUT2D eigenvalue weighted by molar-refractivity contribution is 0.396. The Balaban J connectivity index is 1.47. The van der Waals surface area contributed by atoms with Crippen LogP contribution in [0.1, 0.15) is 21.6 Å². The number of hydrogen-bond acceptors (Lipinski definition) is 6. The van der Waals surface area contributed by atoms with Crippen LogP contribution < -0.4 is 10.3 Å². The van der Waals surface area contributed by atoms with Crippen LogP contribution in [0.15, 0.2) is 64.5 Å². The van der Waals surface area contributed by atoms with Crippen molar-refractivity contribution >= 4 is 31.6 Å². The summed E-state index contributed by atoms with van der Waals surface area (Å²) in [6, 6.07) is 14.4. The van der Waals surface area contributed by atoms with Crippen molar-refractivity contribution in [1.29, 1.82) is 0 Å². The lowest BCUT2D eigenvalue weighted by atomic mass is 10.1. The Morgan fingerprint density at radius 1 is 1.15 bits per heavy atom. The number of sulfonamides is 1. The summed E-state index contributed by atoms with van der Waals surface area (Å²) in [5, 5.41) is 0.617. The lowest BCUT2D eigenvalue weighted by Crippen LogP contribution is -2.35. The molecule has 170 valence electrons. The van der Waals surface area contributed by atoms with Crippen LogP contribution >= 0.6 is 11.3 Å². The fourth-order valence-electron chi connectivity index (χ4n) is 4.22. The zero-order valence-electron chi connectivity index (χ0n) is 18.3. The van der Waals surface area contributed by atoms with Crippen molar-refractivity contribution in [2.24, 2.45) is 0 Å². The maximum Gasteiger partial charge on any atom is 0.262 e. The van der Waals surface area contributed by atoms with Crippen LogP contribution in [0.2, 0.25) is 0 Å². The van der Waals surface area contributed by atoms with Crippen molar-refractivity contribution in [3.63, 3.8) is 0 Å². The van der Waals surface area contributed by atoms with Crippen molar-refractivity contribution in [2.75, 3.05) is 13.7 Å². The molecule has 0 fully saturated rings. The van der Waals surface area contributed by atoms with Crippen LogP contribution in [0.3, 0.4) is 0 Å². The van der Waals surface area contributed by atoms with Crippen LogP contribution in [0, 0.1) is 6.92 Å². The van der Waals surface area contributed by atoms with Gasteiger partial charge in [-0.3, -0.25) is 9.36 Å². The summed E-state index contributed by atoms with van der Waals surface area (Å²) in [7, 11) is -2.11. The summed E-state index contributed by atoms with van der Waals surface area (Å²) in [6.45, 7) is 3.03. The third-order valence-electron chi connectivity index (χ3n) is 5.92. The minimum Gasteiger partial charge on any atom is -0.497 e.